The number of para-hydroxylation sites is 2. The predicted molar refractivity (Wildman–Crippen MR) is 81.5 cm³/mol. The van der Waals surface area contributed by atoms with Crippen molar-refractivity contribution in [2.24, 2.45) is 4.99 Å². The van der Waals surface area contributed by atoms with Crippen molar-refractivity contribution in [2.45, 2.75) is 19.4 Å². The van der Waals surface area contributed by atoms with Crippen LogP contribution in [0.5, 0.6) is 0 Å². The smallest absolute Gasteiger partial charge is 0.0979 e. The first-order chi connectivity index (χ1) is 9.13. The molecule has 19 heavy (non-hydrogen) atoms. The van der Waals surface area contributed by atoms with Gasteiger partial charge in [0.1, 0.15) is 0 Å². The fraction of sp³-hybridized carbons (Fsp3) is 0.235. The fourth-order valence-corrected chi connectivity index (χ4v) is 2.78. The molecule has 1 heterocycles. The lowest BCUT2D eigenvalue weighted by Crippen LogP contribution is -2.44. The second-order valence-electron chi connectivity index (χ2n) is 5.27. The van der Waals surface area contributed by atoms with Crippen molar-refractivity contribution >= 4 is 17.6 Å². The van der Waals surface area contributed by atoms with E-state index in [1.807, 2.05) is 6.07 Å². The number of nitrogens with zero attached hydrogens (tertiary/aromatic N) is 2. The second kappa shape index (κ2) is 4.23. The normalized spacial score (nSPS) is 21.3. The minimum Gasteiger partial charge on any atom is -0.358 e. The molecule has 0 amide bonds. The van der Waals surface area contributed by atoms with Gasteiger partial charge in [0.2, 0.25) is 0 Å². The second-order valence-corrected chi connectivity index (χ2v) is 5.27. The molecule has 96 valence electrons. The topological polar surface area (TPSA) is 15.6 Å². The average Bonchev–Trinajstić information content (AvgIpc) is 2.44. The Hall–Kier alpha value is -2.09. The molecule has 0 aliphatic carbocycles. The van der Waals surface area contributed by atoms with Crippen LogP contribution in [0.1, 0.15) is 18.1 Å². The molecule has 0 bridgehead atoms. The average molecular weight is 250 g/mol. The minimum atomic E-state index is -0.195. The Labute approximate surface area is 114 Å². The van der Waals surface area contributed by atoms with E-state index in [4.69, 9.17) is 0 Å². The van der Waals surface area contributed by atoms with Crippen molar-refractivity contribution in [3.63, 3.8) is 0 Å². The zero-order valence-electron chi connectivity index (χ0n) is 11.6. The van der Waals surface area contributed by atoms with Crippen LogP contribution in [0.15, 0.2) is 53.5 Å². The molecule has 0 radical (unpaired) electrons. The van der Waals surface area contributed by atoms with Crippen molar-refractivity contribution in [2.75, 3.05) is 11.9 Å². The third kappa shape index (κ3) is 1.75. The summed E-state index contributed by atoms with van der Waals surface area (Å²) in [5.74, 6) is 0. The summed E-state index contributed by atoms with van der Waals surface area (Å²) >= 11 is 0. The van der Waals surface area contributed by atoms with Gasteiger partial charge < -0.3 is 4.90 Å². The summed E-state index contributed by atoms with van der Waals surface area (Å²) in [6.07, 6.45) is 2.05. The highest BCUT2D eigenvalue weighted by Crippen LogP contribution is 2.40. The van der Waals surface area contributed by atoms with Gasteiger partial charge in [-0.3, -0.25) is 4.99 Å². The summed E-state index contributed by atoms with van der Waals surface area (Å²) in [6.45, 7) is 4.37. The van der Waals surface area contributed by atoms with Gasteiger partial charge in [-0.25, -0.2) is 0 Å². The molecular formula is C17H18N2. The highest BCUT2D eigenvalue weighted by Gasteiger charge is 2.34. The number of anilines is 1. The highest BCUT2D eigenvalue weighted by molar-refractivity contribution is 5.88. The van der Waals surface area contributed by atoms with Crippen LogP contribution in [0.3, 0.4) is 0 Å². The number of rotatable bonds is 1. The Morgan fingerprint density at radius 3 is 2.47 bits per heavy atom. The molecule has 0 aromatic heterocycles. The number of hydrogen-bond acceptors (Lipinski definition) is 2. The van der Waals surface area contributed by atoms with Crippen LogP contribution < -0.4 is 4.90 Å². The van der Waals surface area contributed by atoms with Crippen molar-refractivity contribution in [3.05, 3.63) is 59.7 Å². The minimum absolute atomic E-state index is 0.195. The molecule has 1 atom stereocenters. The van der Waals surface area contributed by atoms with E-state index in [0.29, 0.717) is 0 Å². The lowest BCUT2D eigenvalue weighted by Gasteiger charge is -2.41. The molecule has 0 spiro atoms. The molecule has 2 aromatic rings. The number of benzene rings is 2. The number of fused-ring (bicyclic) bond motifs is 1. The summed E-state index contributed by atoms with van der Waals surface area (Å²) in [5, 5.41) is 0. The van der Waals surface area contributed by atoms with Crippen LogP contribution in [0.4, 0.5) is 11.4 Å². The quantitative estimate of drug-likeness (QED) is 0.745. The largest absolute Gasteiger partial charge is 0.358 e. The lowest BCUT2D eigenvalue weighted by molar-refractivity contribution is 0.623. The van der Waals surface area contributed by atoms with Gasteiger partial charge in [0.05, 0.1) is 16.9 Å². The van der Waals surface area contributed by atoms with Gasteiger partial charge >= 0.3 is 0 Å². The summed E-state index contributed by atoms with van der Waals surface area (Å²) in [6, 6.07) is 16.8. The maximum atomic E-state index is 4.65. The molecule has 0 saturated carbocycles. The number of aliphatic imine (C=N–C) groups is 1. The SMILES string of the molecule is Cc1ccccc1C1(C)C=Nc2ccccc2N1C. The summed E-state index contributed by atoms with van der Waals surface area (Å²) in [4.78, 5) is 6.95. The van der Waals surface area contributed by atoms with Crippen LogP contribution in [-0.2, 0) is 5.54 Å². The monoisotopic (exact) mass is 250 g/mol. The maximum Gasteiger partial charge on any atom is 0.0979 e. The standard InChI is InChI=1S/C17H18N2/c1-13-8-4-5-9-14(13)17(2)12-18-15-10-6-7-11-16(15)19(17)3/h4-12H,1-3H3. The third-order valence-corrected chi connectivity index (χ3v) is 4.09. The lowest BCUT2D eigenvalue weighted by atomic mass is 9.86. The van der Waals surface area contributed by atoms with E-state index in [1.165, 1.54) is 16.8 Å². The molecule has 2 nitrogen and oxygen atoms in total. The van der Waals surface area contributed by atoms with Crippen LogP contribution in [0, 0.1) is 6.92 Å². The molecular weight excluding hydrogens is 232 g/mol. The van der Waals surface area contributed by atoms with Crippen LogP contribution in [0.2, 0.25) is 0 Å². The van der Waals surface area contributed by atoms with E-state index in [1.54, 1.807) is 0 Å². The van der Waals surface area contributed by atoms with E-state index in [9.17, 15) is 0 Å². The van der Waals surface area contributed by atoms with Crippen molar-refractivity contribution in [3.8, 4) is 0 Å². The van der Waals surface area contributed by atoms with Gasteiger partial charge in [0.15, 0.2) is 0 Å². The zero-order valence-corrected chi connectivity index (χ0v) is 11.6. The van der Waals surface area contributed by atoms with E-state index in [-0.39, 0.29) is 5.54 Å². The molecule has 0 fully saturated rings. The van der Waals surface area contributed by atoms with Crippen LogP contribution in [-0.4, -0.2) is 13.3 Å². The van der Waals surface area contributed by atoms with Gasteiger partial charge in [-0.1, -0.05) is 36.4 Å². The Morgan fingerprint density at radius 1 is 1.00 bits per heavy atom. The predicted octanol–water partition coefficient (Wildman–Crippen LogP) is 4.06. The summed E-state index contributed by atoms with van der Waals surface area (Å²) < 4.78 is 0. The van der Waals surface area contributed by atoms with Crippen LogP contribution >= 0.6 is 0 Å². The molecule has 1 aliphatic rings. The van der Waals surface area contributed by atoms with Crippen molar-refractivity contribution in [1.29, 1.82) is 0 Å². The highest BCUT2D eigenvalue weighted by atomic mass is 15.2. The first-order valence-corrected chi connectivity index (χ1v) is 6.57. The first-order valence-electron chi connectivity index (χ1n) is 6.57. The maximum absolute atomic E-state index is 4.65. The molecule has 2 heteroatoms. The van der Waals surface area contributed by atoms with Crippen LogP contribution in [0.25, 0.3) is 0 Å². The third-order valence-electron chi connectivity index (χ3n) is 4.09. The number of hydrogen-bond donors (Lipinski definition) is 0. The van der Waals surface area contributed by atoms with E-state index < -0.39 is 0 Å². The van der Waals surface area contributed by atoms with Gasteiger partial charge in [0, 0.05) is 13.3 Å². The van der Waals surface area contributed by atoms with E-state index >= 15 is 0 Å². The number of aryl methyl sites for hydroxylation is 1. The Balaban J connectivity index is 2.16. The zero-order chi connectivity index (χ0) is 13.5. The van der Waals surface area contributed by atoms with Crippen molar-refractivity contribution < 1.29 is 0 Å². The van der Waals surface area contributed by atoms with E-state index in [2.05, 4.69) is 79.5 Å². The molecule has 1 aliphatic heterocycles. The van der Waals surface area contributed by atoms with Gasteiger partial charge in [-0.05, 0) is 37.1 Å². The molecule has 1 unspecified atom stereocenters. The van der Waals surface area contributed by atoms with Crippen molar-refractivity contribution in [1.82, 2.24) is 0 Å². The molecule has 2 aromatic carbocycles. The molecule has 0 N–H and O–H groups in total. The summed E-state index contributed by atoms with van der Waals surface area (Å²) in [7, 11) is 2.14. The fourth-order valence-electron chi connectivity index (χ4n) is 2.78. The van der Waals surface area contributed by atoms with Gasteiger partial charge in [-0.15, -0.1) is 0 Å². The first kappa shape index (κ1) is 12.0. The van der Waals surface area contributed by atoms with Gasteiger partial charge in [0.25, 0.3) is 0 Å². The Bertz CT molecular complexity index is 645. The molecule has 0 saturated heterocycles. The Kier molecular flexibility index (Phi) is 2.67. The van der Waals surface area contributed by atoms with Gasteiger partial charge in [-0.2, -0.15) is 0 Å². The molecule has 3 rings (SSSR count). The Morgan fingerprint density at radius 2 is 1.68 bits per heavy atom. The summed E-state index contributed by atoms with van der Waals surface area (Å²) in [5.41, 5.74) is 4.62. The van der Waals surface area contributed by atoms with E-state index in [0.717, 1.165) is 5.69 Å².